The van der Waals surface area contributed by atoms with Crippen LogP contribution < -0.4 is 10.5 Å². The molecule has 0 bridgehead atoms. The fourth-order valence-corrected chi connectivity index (χ4v) is 2.27. The summed E-state index contributed by atoms with van der Waals surface area (Å²) in [6.45, 7) is 0. The van der Waals surface area contributed by atoms with E-state index in [1.54, 1.807) is 0 Å². The molecule has 2 rings (SSSR count). The third kappa shape index (κ3) is 3.79. The first-order valence-electron chi connectivity index (χ1n) is 5.47. The molecule has 0 unspecified atom stereocenters. The van der Waals surface area contributed by atoms with Crippen LogP contribution in [-0.2, 0) is 6.18 Å². The third-order valence-electron chi connectivity index (χ3n) is 2.46. The van der Waals surface area contributed by atoms with Crippen molar-refractivity contribution in [3.8, 4) is 11.5 Å². The summed E-state index contributed by atoms with van der Waals surface area (Å²) in [6, 6.07) is 4.96. The highest BCUT2D eigenvalue weighted by atomic mass is 79.9. The van der Waals surface area contributed by atoms with Crippen molar-refractivity contribution in [1.29, 1.82) is 0 Å². The lowest BCUT2D eigenvalue weighted by Gasteiger charge is -2.12. The van der Waals surface area contributed by atoms with Gasteiger partial charge in [-0.25, -0.2) is 4.39 Å². The molecule has 21 heavy (non-hydrogen) atoms. The van der Waals surface area contributed by atoms with E-state index in [0.717, 1.165) is 18.2 Å². The Morgan fingerprint density at radius 3 is 2.38 bits per heavy atom. The molecule has 0 aliphatic heterocycles. The zero-order valence-electron chi connectivity index (χ0n) is 10.1. The first-order valence-corrected chi connectivity index (χ1v) is 6.64. The van der Waals surface area contributed by atoms with E-state index in [4.69, 9.17) is 22.1 Å². The van der Waals surface area contributed by atoms with E-state index in [-0.39, 0.29) is 22.2 Å². The van der Waals surface area contributed by atoms with Crippen LogP contribution in [0.15, 0.2) is 34.8 Å². The molecule has 0 saturated carbocycles. The number of nitrogen functional groups attached to an aromatic ring is 1. The monoisotopic (exact) mass is 383 g/mol. The van der Waals surface area contributed by atoms with Crippen LogP contribution in [0.3, 0.4) is 0 Å². The summed E-state index contributed by atoms with van der Waals surface area (Å²) in [5.41, 5.74) is 4.34. The summed E-state index contributed by atoms with van der Waals surface area (Å²) in [4.78, 5) is 0. The Labute approximate surface area is 130 Å². The predicted octanol–water partition coefficient (Wildman–Crippen LogP) is 5.63. The Morgan fingerprint density at radius 1 is 1.10 bits per heavy atom. The van der Waals surface area contributed by atoms with Crippen molar-refractivity contribution in [2.45, 2.75) is 6.18 Å². The largest absolute Gasteiger partial charge is 0.456 e. The Balaban J connectivity index is 2.40. The van der Waals surface area contributed by atoms with Gasteiger partial charge in [-0.1, -0.05) is 11.6 Å². The molecule has 2 N–H and O–H groups in total. The SMILES string of the molecule is Nc1cc(Oc2cc(F)c(Cl)cc2Br)cc(C(F)(F)F)c1. The fraction of sp³-hybridized carbons (Fsp3) is 0.0769. The minimum Gasteiger partial charge on any atom is -0.456 e. The molecule has 0 saturated heterocycles. The van der Waals surface area contributed by atoms with Gasteiger partial charge in [-0.05, 0) is 34.1 Å². The molecule has 112 valence electrons. The molecule has 2 aromatic carbocycles. The second-order valence-corrected chi connectivity index (χ2v) is 5.35. The van der Waals surface area contributed by atoms with E-state index >= 15 is 0 Å². The maximum Gasteiger partial charge on any atom is 0.416 e. The summed E-state index contributed by atoms with van der Waals surface area (Å²) in [5.74, 6) is -0.935. The molecule has 0 fully saturated rings. The third-order valence-corrected chi connectivity index (χ3v) is 3.37. The zero-order chi connectivity index (χ0) is 15.8. The van der Waals surface area contributed by atoms with Gasteiger partial charge in [0.25, 0.3) is 0 Å². The normalized spacial score (nSPS) is 11.5. The minimum absolute atomic E-state index is 0.0179. The van der Waals surface area contributed by atoms with Crippen LogP contribution in [-0.4, -0.2) is 0 Å². The van der Waals surface area contributed by atoms with Crippen LogP contribution in [0.25, 0.3) is 0 Å². The molecule has 0 aliphatic carbocycles. The highest BCUT2D eigenvalue weighted by Gasteiger charge is 2.31. The van der Waals surface area contributed by atoms with Crippen molar-refractivity contribution in [3.63, 3.8) is 0 Å². The van der Waals surface area contributed by atoms with Crippen LogP contribution in [0.1, 0.15) is 5.56 Å². The number of hydrogen-bond donors (Lipinski definition) is 1. The first-order chi connectivity index (χ1) is 9.66. The van der Waals surface area contributed by atoms with Crippen LogP contribution in [0.4, 0.5) is 23.2 Å². The van der Waals surface area contributed by atoms with E-state index in [1.165, 1.54) is 12.1 Å². The van der Waals surface area contributed by atoms with Gasteiger partial charge in [0.1, 0.15) is 17.3 Å². The number of benzene rings is 2. The van der Waals surface area contributed by atoms with Gasteiger partial charge in [0.15, 0.2) is 0 Å². The number of hydrogen-bond acceptors (Lipinski definition) is 2. The van der Waals surface area contributed by atoms with Gasteiger partial charge in [0.2, 0.25) is 0 Å². The predicted molar refractivity (Wildman–Crippen MR) is 75.0 cm³/mol. The summed E-state index contributed by atoms with van der Waals surface area (Å²) in [7, 11) is 0. The second-order valence-electron chi connectivity index (χ2n) is 4.09. The molecule has 0 atom stereocenters. The molecule has 0 heterocycles. The molecular weight excluding hydrogens is 377 g/mol. The smallest absolute Gasteiger partial charge is 0.416 e. The minimum atomic E-state index is -4.56. The Kier molecular flexibility index (Phi) is 4.34. The van der Waals surface area contributed by atoms with Crippen molar-refractivity contribution in [2.75, 3.05) is 5.73 Å². The quantitative estimate of drug-likeness (QED) is 0.413. The zero-order valence-corrected chi connectivity index (χ0v) is 12.5. The van der Waals surface area contributed by atoms with Gasteiger partial charge in [-0.15, -0.1) is 0 Å². The summed E-state index contributed by atoms with van der Waals surface area (Å²) in [5, 5.41) is -0.141. The molecule has 2 nitrogen and oxygen atoms in total. The highest BCUT2D eigenvalue weighted by Crippen LogP contribution is 2.37. The summed E-state index contributed by atoms with van der Waals surface area (Å²) >= 11 is 8.66. The molecule has 2 aromatic rings. The lowest BCUT2D eigenvalue weighted by atomic mass is 10.2. The number of alkyl halides is 3. The molecule has 0 aliphatic rings. The van der Waals surface area contributed by atoms with Crippen LogP contribution in [0.5, 0.6) is 11.5 Å². The van der Waals surface area contributed by atoms with Crippen molar-refractivity contribution in [1.82, 2.24) is 0 Å². The average Bonchev–Trinajstić information content (AvgIpc) is 2.34. The van der Waals surface area contributed by atoms with Crippen molar-refractivity contribution >= 4 is 33.2 Å². The first kappa shape index (κ1) is 15.9. The lowest BCUT2D eigenvalue weighted by molar-refractivity contribution is -0.137. The second kappa shape index (κ2) is 5.73. The maximum atomic E-state index is 13.4. The molecule has 8 heteroatoms. The van der Waals surface area contributed by atoms with Crippen LogP contribution in [0.2, 0.25) is 5.02 Å². The molecular formula is C13H7BrClF4NO. The number of halogens is 6. The summed E-state index contributed by atoms with van der Waals surface area (Å²) in [6.07, 6.45) is -4.56. The molecule has 0 radical (unpaired) electrons. The number of ether oxygens (including phenoxy) is 1. The number of anilines is 1. The van der Waals surface area contributed by atoms with Crippen molar-refractivity contribution in [2.24, 2.45) is 0 Å². The Hall–Kier alpha value is -1.47. The maximum absolute atomic E-state index is 13.4. The van der Waals surface area contributed by atoms with Crippen molar-refractivity contribution in [3.05, 3.63) is 51.2 Å². The fourth-order valence-electron chi connectivity index (χ4n) is 1.55. The van der Waals surface area contributed by atoms with Gasteiger partial charge in [-0.2, -0.15) is 13.2 Å². The van der Waals surface area contributed by atoms with Crippen LogP contribution in [0, 0.1) is 5.82 Å². The van der Waals surface area contributed by atoms with Gasteiger partial charge in [0, 0.05) is 17.8 Å². The molecule has 0 aromatic heterocycles. The summed E-state index contributed by atoms with van der Waals surface area (Å²) < 4.78 is 57.0. The van der Waals surface area contributed by atoms with E-state index < -0.39 is 17.6 Å². The van der Waals surface area contributed by atoms with E-state index in [9.17, 15) is 17.6 Å². The van der Waals surface area contributed by atoms with Crippen molar-refractivity contribution < 1.29 is 22.3 Å². The Morgan fingerprint density at radius 2 is 1.76 bits per heavy atom. The molecule has 0 amide bonds. The van der Waals surface area contributed by atoms with Gasteiger partial charge in [-0.3, -0.25) is 0 Å². The van der Waals surface area contributed by atoms with Crippen LogP contribution >= 0.6 is 27.5 Å². The van der Waals surface area contributed by atoms with Gasteiger partial charge < -0.3 is 10.5 Å². The lowest BCUT2D eigenvalue weighted by Crippen LogP contribution is -2.06. The standard InChI is InChI=1S/C13H7BrClF4NO/c14-9-4-10(15)11(16)5-12(9)21-8-2-6(13(17,18)19)1-7(20)3-8/h1-5H,20H2. The average molecular weight is 385 g/mol. The van der Waals surface area contributed by atoms with E-state index in [1.807, 2.05) is 0 Å². The van der Waals surface area contributed by atoms with Gasteiger partial charge in [0.05, 0.1) is 15.1 Å². The van der Waals surface area contributed by atoms with E-state index in [0.29, 0.717) is 4.47 Å². The topological polar surface area (TPSA) is 35.2 Å². The Bertz CT molecular complexity index is 691. The number of nitrogens with two attached hydrogens (primary N) is 1. The van der Waals surface area contributed by atoms with Gasteiger partial charge >= 0.3 is 6.18 Å². The number of rotatable bonds is 2. The van der Waals surface area contributed by atoms with E-state index in [2.05, 4.69) is 15.9 Å². The highest BCUT2D eigenvalue weighted by molar-refractivity contribution is 9.10. The molecule has 0 spiro atoms.